The van der Waals surface area contributed by atoms with E-state index in [1.165, 1.54) is 37.5 Å². The SMILES string of the molecule is CCOC(=O)c1ccc(NC(=O)/C(C#N)=C/c2ccc(OCc3cccc(F)c3)c(OC)c2)cc1. The molecule has 178 valence electrons. The van der Waals surface area contributed by atoms with E-state index in [1.54, 1.807) is 49.4 Å². The lowest BCUT2D eigenvalue weighted by Gasteiger charge is -2.12. The highest BCUT2D eigenvalue weighted by molar-refractivity contribution is 6.09. The second kappa shape index (κ2) is 12.0. The van der Waals surface area contributed by atoms with Gasteiger partial charge in [-0.05, 0) is 72.7 Å². The van der Waals surface area contributed by atoms with Crippen molar-refractivity contribution in [3.63, 3.8) is 0 Å². The molecule has 1 amide bonds. The van der Waals surface area contributed by atoms with Crippen molar-refractivity contribution in [1.82, 2.24) is 0 Å². The Morgan fingerprint density at radius 1 is 1.06 bits per heavy atom. The highest BCUT2D eigenvalue weighted by Gasteiger charge is 2.13. The van der Waals surface area contributed by atoms with Gasteiger partial charge < -0.3 is 19.5 Å². The van der Waals surface area contributed by atoms with Gasteiger partial charge in [0.2, 0.25) is 0 Å². The fraction of sp³-hybridized carbons (Fsp3) is 0.148. The van der Waals surface area contributed by atoms with Gasteiger partial charge in [-0.1, -0.05) is 18.2 Å². The monoisotopic (exact) mass is 474 g/mol. The van der Waals surface area contributed by atoms with Crippen molar-refractivity contribution < 1.29 is 28.2 Å². The molecule has 35 heavy (non-hydrogen) atoms. The average molecular weight is 474 g/mol. The maximum Gasteiger partial charge on any atom is 0.338 e. The summed E-state index contributed by atoms with van der Waals surface area (Å²) in [7, 11) is 1.47. The molecule has 0 saturated heterocycles. The van der Waals surface area contributed by atoms with Gasteiger partial charge in [0.1, 0.15) is 24.1 Å². The summed E-state index contributed by atoms with van der Waals surface area (Å²) in [6.07, 6.45) is 1.42. The van der Waals surface area contributed by atoms with Crippen molar-refractivity contribution in [3.8, 4) is 17.6 Å². The average Bonchev–Trinajstić information content (AvgIpc) is 2.86. The van der Waals surface area contributed by atoms with E-state index in [-0.39, 0.29) is 24.6 Å². The molecule has 0 heterocycles. The number of anilines is 1. The molecule has 3 aromatic carbocycles. The van der Waals surface area contributed by atoms with Crippen molar-refractivity contribution in [2.24, 2.45) is 0 Å². The van der Waals surface area contributed by atoms with Crippen LogP contribution in [0.3, 0.4) is 0 Å². The van der Waals surface area contributed by atoms with Gasteiger partial charge in [0.15, 0.2) is 11.5 Å². The van der Waals surface area contributed by atoms with Gasteiger partial charge >= 0.3 is 5.97 Å². The topological polar surface area (TPSA) is 97.7 Å². The zero-order valence-corrected chi connectivity index (χ0v) is 19.2. The number of nitrogens with one attached hydrogen (secondary N) is 1. The minimum Gasteiger partial charge on any atom is -0.493 e. The minimum absolute atomic E-state index is 0.130. The number of benzene rings is 3. The van der Waals surface area contributed by atoms with Crippen LogP contribution >= 0.6 is 0 Å². The molecule has 1 N–H and O–H groups in total. The summed E-state index contributed by atoms with van der Waals surface area (Å²) in [6, 6.07) is 19.1. The van der Waals surface area contributed by atoms with Gasteiger partial charge in [-0.2, -0.15) is 5.26 Å². The fourth-order valence-corrected chi connectivity index (χ4v) is 3.10. The molecular formula is C27H23FN2O5. The van der Waals surface area contributed by atoms with Gasteiger partial charge in [0.25, 0.3) is 5.91 Å². The Kier molecular flexibility index (Phi) is 8.57. The van der Waals surface area contributed by atoms with Crippen molar-refractivity contribution in [1.29, 1.82) is 5.26 Å². The van der Waals surface area contributed by atoms with Crippen molar-refractivity contribution in [2.45, 2.75) is 13.5 Å². The highest BCUT2D eigenvalue weighted by atomic mass is 19.1. The maximum atomic E-state index is 13.4. The molecule has 0 spiro atoms. The van der Waals surface area contributed by atoms with Crippen LogP contribution in [0.1, 0.15) is 28.4 Å². The number of esters is 1. The van der Waals surface area contributed by atoms with Crippen LogP contribution in [0.15, 0.2) is 72.3 Å². The van der Waals surface area contributed by atoms with E-state index in [9.17, 15) is 19.2 Å². The lowest BCUT2D eigenvalue weighted by atomic mass is 10.1. The molecule has 0 aliphatic carbocycles. The molecule has 0 unspecified atom stereocenters. The molecule has 0 radical (unpaired) electrons. The predicted molar refractivity (Wildman–Crippen MR) is 128 cm³/mol. The lowest BCUT2D eigenvalue weighted by Crippen LogP contribution is -2.13. The van der Waals surface area contributed by atoms with Crippen LogP contribution < -0.4 is 14.8 Å². The first kappa shape index (κ1) is 25.0. The van der Waals surface area contributed by atoms with Gasteiger partial charge in [0.05, 0.1) is 19.3 Å². The van der Waals surface area contributed by atoms with Crippen LogP contribution in [0.4, 0.5) is 10.1 Å². The number of hydrogen-bond donors (Lipinski definition) is 1. The Morgan fingerprint density at radius 2 is 1.83 bits per heavy atom. The number of amides is 1. The number of hydrogen-bond acceptors (Lipinski definition) is 6. The Hall–Kier alpha value is -4.64. The summed E-state index contributed by atoms with van der Waals surface area (Å²) in [5.41, 5.74) is 1.85. The van der Waals surface area contributed by atoms with Crippen LogP contribution in [0.25, 0.3) is 6.08 Å². The molecule has 0 fully saturated rings. The van der Waals surface area contributed by atoms with Crippen LogP contribution in [0.2, 0.25) is 0 Å². The van der Waals surface area contributed by atoms with Crippen LogP contribution in [0, 0.1) is 17.1 Å². The maximum absolute atomic E-state index is 13.4. The van der Waals surface area contributed by atoms with Crippen LogP contribution in [-0.2, 0) is 16.1 Å². The molecule has 8 heteroatoms. The first-order valence-corrected chi connectivity index (χ1v) is 10.7. The smallest absolute Gasteiger partial charge is 0.338 e. The summed E-state index contributed by atoms with van der Waals surface area (Å²) in [5.74, 6) is -0.598. The number of carbonyl (C=O) groups excluding carboxylic acids is 2. The predicted octanol–water partition coefficient (Wildman–Crippen LogP) is 5.14. The molecule has 3 rings (SSSR count). The molecule has 0 aliphatic rings. The Balaban J connectivity index is 1.71. The van der Waals surface area contributed by atoms with Gasteiger partial charge in [0, 0.05) is 5.69 Å². The third-order valence-electron chi connectivity index (χ3n) is 4.80. The van der Waals surface area contributed by atoms with Gasteiger partial charge in [-0.3, -0.25) is 4.79 Å². The van der Waals surface area contributed by atoms with Crippen LogP contribution in [-0.4, -0.2) is 25.6 Å². The third-order valence-corrected chi connectivity index (χ3v) is 4.80. The largest absolute Gasteiger partial charge is 0.493 e. The van der Waals surface area contributed by atoms with Crippen molar-refractivity contribution in [3.05, 3.63) is 94.8 Å². The van der Waals surface area contributed by atoms with E-state index < -0.39 is 11.9 Å². The number of rotatable bonds is 9. The number of nitrogens with zero attached hydrogens (tertiary/aromatic N) is 1. The summed E-state index contributed by atoms with van der Waals surface area (Å²) in [5, 5.41) is 12.1. The zero-order chi connectivity index (χ0) is 25.2. The Morgan fingerprint density at radius 3 is 2.49 bits per heavy atom. The number of ether oxygens (including phenoxy) is 3. The normalized spacial score (nSPS) is 10.7. The fourth-order valence-electron chi connectivity index (χ4n) is 3.10. The summed E-state index contributed by atoms with van der Waals surface area (Å²) in [6.45, 7) is 2.12. The summed E-state index contributed by atoms with van der Waals surface area (Å²) in [4.78, 5) is 24.3. The quantitative estimate of drug-likeness (QED) is 0.262. The second-order valence-corrected chi connectivity index (χ2v) is 7.25. The molecule has 0 saturated carbocycles. The van der Waals surface area contributed by atoms with E-state index in [0.717, 1.165) is 0 Å². The Bertz CT molecular complexity index is 1280. The van der Waals surface area contributed by atoms with E-state index >= 15 is 0 Å². The van der Waals surface area contributed by atoms with Gasteiger partial charge in [-0.25, -0.2) is 9.18 Å². The summed E-state index contributed by atoms with van der Waals surface area (Å²) < 4.78 is 29.4. The van der Waals surface area contributed by atoms with Gasteiger partial charge in [-0.15, -0.1) is 0 Å². The molecule has 0 aromatic heterocycles. The number of nitriles is 1. The van der Waals surface area contributed by atoms with E-state index in [4.69, 9.17) is 14.2 Å². The molecule has 3 aromatic rings. The summed E-state index contributed by atoms with van der Waals surface area (Å²) >= 11 is 0. The van der Waals surface area contributed by atoms with Crippen molar-refractivity contribution >= 4 is 23.6 Å². The first-order valence-electron chi connectivity index (χ1n) is 10.7. The molecular weight excluding hydrogens is 451 g/mol. The molecule has 7 nitrogen and oxygen atoms in total. The second-order valence-electron chi connectivity index (χ2n) is 7.25. The Labute approximate surface area is 202 Å². The first-order chi connectivity index (χ1) is 16.9. The van der Waals surface area contributed by atoms with Crippen LogP contribution in [0.5, 0.6) is 11.5 Å². The number of methoxy groups -OCH3 is 1. The van der Waals surface area contributed by atoms with E-state index in [2.05, 4.69) is 5.32 Å². The lowest BCUT2D eigenvalue weighted by molar-refractivity contribution is -0.112. The van der Waals surface area contributed by atoms with E-state index in [0.29, 0.717) is 33.9 Å². The molecule has 0 aliphatic heterocycles. The van der Waals surface area contributed by atoms with E-state index in [1.807, 2.05) is 6.07 Å². The zero-order valence-electron chi connectivity index (χ0n) is 19.2. The molecule has 0 atom stereocenters. The highest BCUT2D eigenvalue weighted by Crippen LogP contribution is 2.30. The standard InChI is InChI=1S/C27H23FN2O5/c1-3-34-27(32)20-8-10-23(11-9-20)30-26(31)21(16-29)13-18-7-12-24(25(15-18)33-2)35-17-19-5-4-6-22(28)14-19/h4-15H,3,17H2,1-2H3,(H,30,31)/b21-13+. The third kappa shape index (κ3) is 6.92. The minimum atomic E-state index is -0.609. The van der Waals surface area contributed by atoms with Crippen molar-refractivity contribution in [2.75, 3.05) is 19.0 Å². The molecule has 0 bridgehead atoms. The number of halogens is 1. The number of carbonyl (C=O) groups is 2.